The van der Waals surface area contributed by atoms with Crippen molar-refractivity contribution >= 4 is 29.2 Å². The molecule has 138 valence electrons. The van der Waals surface area contributed by atoms with Crippen molar-refractivity contribution in [2.45, 2.75) is 33.3 Å². The van der Waals surface area contributed by atoms with E-state index in [0.29, 0.717) is 28.6 Å². The second kappa shape index (κ2) is 9.25. The summed E-state index contributed by atoms with van der Waals surface area (Å²) in [5.74, 6) is -0.158. The number of halogens is 1. The number of carbonyl (C=O) groups is 2. The molecule has 0 saturated heterocycles. The highest BCUT2D eigenvalue weighted by Crippen LogP contribution is 2.21. The lowest BCUT2D eigenvalue weighted by molar-refractivity contribution is -0.151. The first-order chi connectivity index (χ1) is 12.4. The Morgan fingerprint density at radius 2 is 1.85 bits per heavy atom. The van der Waals surface area contributed by atoms with Crippen molar-refractivity contribution in [3.63, 3.8) is 0 Å². The number of esters is 1. The topological polar surface area (TPSA) is 64.6 Å². The third-order valence-corrected chi connectivity index (χ3v) is 3.88. The molecule has 0 radical (unpaired) electrons. The van der Waals surface area contributed by atoms with E-state index in [0.717, 1.165) is 12.0 Å². The highest BCUT2D eigenvalue weighted by Gasteiger charge is 2.16. The van der Waals surface area contributed by atoms with Gasteiger partial charge in [0.15, 0.2) is 6.10 Å². The van der Waals surface area contributed by atoms with Gasteiger partial charge in [0.05, 0.1) is 6.61 Å². The summed E-state index contributed by atoms with van der Waals surface area (Å²) < 4.78 is 10.6. The normalized spacial score (nSPS) is 11.5. The Balaban J connectivity index is 1.97. The van der Waals surface area contributed by atoms with Crippen LogP contribution in [0.2, 0.25) is 5.02 Å². The van der Waals surface area contributed by atoms with Gasteiger partial charge >= 0.3 is 5.97 Å². The average molecular weight is 376 g/mol. The molecule has 26 heavy (non-hydrogen) atoms. The van der Waals surface area contributed by atoms with Crippen LogP contribution in [0.4, 0.5) is 5.69 Å². The lowest BCUT2D eigenvalue weighted by Gasteiger charge is -2.14. The number of rotatable bonds is 7. The summed E-state index contributed by atoms with van der Waals surface area (Å²) in [5, 5.41) is 3.46. The van der Waals surface area contributed by atoms with Crippen LogP contribution in [-0.2, 0) is 9.53 Å². The fourth-order valence-electron chi connectivity index (χ4n) is 2.22. The fourth-order valence-corrected chi connectivity index (χ4v) is 2.45. The Kier molecular flexibility index (Phi) is 7.04. The molecule has 0 heterocycles. The molecule has 1 atom stereocenters. The molecule has 0 fully saturated rings. The molecule has 2 rings (SSSR count). The number of carbonyl (C=O) groups excluding carboxylic acids is 2. The van der Waals surface area contributed by atoms with Crippen LogP contribution in [-0.4, -0.2) is 24.6 Å². The van der Waals surface area contributed by atoms with Gasteiger partial charge in [-0.3, -0.25) is 4.79 Å². The Labute approximate surface area is 158 Å². The monoisotopic (exact) mass is 375 g/mol. The third kappa shape index (κ3) is 5.49. The summed E-state index contributed by atoms with van der Waals surface area (Å²) in [6.07, 6.45) is 0.0491. The van der Waals surface area contributed by atoms with Crippen molar-refractivity contribution in [3.05, 3.63) is 58.6 Å². The van der Waals surface area contributed by atoms with Crippen LogP contribution in [0.25, 0.3) is 0 Å². The lowest BCUT2D eigenvalue weighted by Crippen LogP contribution is -2.26. The standard InChI is InChI=1S/C20H22ClNO4/c1-4-11-25-20(24)14(3)26-17-8-5-15(6-9-17)19(23)22-18-10-7-16(21)12-13(18)2/h5-10,12,14H,4,11H2,1-3H3,(H,22,23)/t14-/m1/s1. The zero-order valence-corrected chi connectivity index (χ0v) is 15.8. The number of hydrogen-bond donors (Lipinski definition) is 1. The number of ether oxygens (including phenoxy) is 2. The highest BCUT2D eigenvalue weighted by atomic mass is 35.5. The van der Waals surface area contributed by atoms with Gasteiger partial charge in [0.25, 0.3) is 5.91 Å². The molecule has 5 nitrogen and oxygen atoms in total. The van der Waals surface area contributed by atoms with E-state index in [1.54, 1.807) is 49.4 Å². The van der Waals surface area contributed by atoms with Gasteiger partial charge in [-0.15, -0.1) is 0 Å². The summed E-state index contributed by atoms with van der Waals surface area (Å²) in [6.45, 7) is 5.79. The van der Waals surface area contributed by atoms with Gasteiger partial charge in [0.2, 0.25) is 0 Å². The number of benzene rings is 2. The summed E-state index contributed by atoms with van der Waals surface area (Å²) in [5.41, 5.74) is 2.06. The van der Waals surface area contributed by atoms with Gasteiger partial charge in [0, 0.05) is 16.3 Å². The molecule has 0 bridgehead atoms. The van der Waals surface area contributed by atoms with Crippen LogP contribution in [0.5, 0.6) is 5.75 Å². The maximum atomic E-state index is 12.4. The smallest absolute Gasteiger partial charge is 0.347 e. The van der Waals surface area contributed by atoms with E-state index < -0.39 is 12.1 Å². The lowest BCUT2D eigenvalue weighted by atomic mass is 10.1. The largest absolute Gasteiger partial charge is 0.479 e. The summed E-state index contributed by atoms with van der Waals surface area (Å²) in [7, 11) is 0. The zero-order valence-electron chi connectivity index (χ0n) is 15.0. The SMILES string of the molecule is CCCOC(=O)[C@@H](C)Oc1ccc(C(=O)Nc2ccc(Cl)cc2C)cc1. The van der Waals surface area contributed by atoms with E-state index >= 15 is 0 Å². The van der Waals surface area contributed by atoms with Gasteiger partial charge in [-0.25, -0.2) is 4.79 Å². The minimum Gasteiger partial charge on any atom is -0.479 e. The predicted octanol–water partition coefficient (Wildman–Crippen LogP) is 4.62. The maximum absolute atomic E-state index is 12.4. The van der Waals surface area contributed by atoms with E-state index in [-0.39, 0.29) is 5.91 Å². The second-order valence-electron chi connectivity index (χ2n) is 5.87. The van der Waals surface area contributed by atoms with Crippen molar-refractivity contribution in [2.75, 3.05) is 11.9 Å². The van der Waals surface area contributed by atoms with E-state index in [1.807, 2.05) is 13.8 Å². The molecule has 1 N–H and O–H groups in total. The number of nitrogens with one attached hydrogen (secondary N) is 1. The quantitative estimate of drug-likeness (QED) is 0.717. The number of aryl methyl sites for hydroxylation is 1. The Hall–Kier alpha value is -2.53. The molecule has 2 aromatic rings. The van der Waals surface area contributed by atoms with Crippen molar-refractivity contribution in [2.24, 2.45) is 0 Å². The van der Waals surface area contributed by atoms with Crippen LogP contribution in [0, 0.1) is 6.92 Å². The predicted molar refractivity (Wildman–Crippen MR) is 102 cm³/mol. The third-order valence-electron chi connectivity index (χ3n) is 3.65. The average Bonchev–Trinajstić information content (AvgIpc) is 2.62. The molecule has 0 saturated carbocycles. The first-order valence-electron chi connectivity index (χ1n) is 8.41. The minimum atomic E-state index is -0.710. The maximum Gasteiger partial charge on any atom is 0.347 e. The Morgan fingerprint density at radius 1 is 1.15 bits per heavy atom. The molecule has 0 spiro atoms. The van der Waals surface area contributed by atoms with E-state index in [9.17, 15) is 9.59 Å². The molecule has 0 aliphatic rings. The van der Waals surface area contributed by atoms with Crippen LogP contribution in [0.1, 0.15) is 36.2 Å². The molecule has 0 unspecified atom stereocenters. The Morgan fingerprint density at radius 3 is 2.46 bits per heavy atom. The second-order valence-corrected chi connectivity index (χ2v) is 6.30. The molecular formula is C20H22ClNO4. The summed E-state index contributed by atoms with van der Waals surface area (Å²) >= 11 is 5.92. The number of hydrogen-bond acceptors (Lipinski definition) is 4. The zero-order chi connectivity index (χ0) is 19.1. The van der Waals surface area contributed by atoms with Crippen LogP contribution >= 0.6 is 11.6 Å². The van der Waals surface area contributed by atoms with Gasteiger partial charge in [-0.1, -0.05) is 18.5 Å². The van der Waals surface area contributed by atoms with Crippen LogP contribution < -0.4 is 10.1 Å². The first-order valence-corrected chi connectivity index (χ1v) is 8.79. The molecule has 0 aliphatic carbocycles. The molecule has 2 aromatic carbocycles. The Bertz CT molecular complexity index is 774. The van der Waals surface area contributed by atoms with E-state index in [2.05, 4.69) is 5.32 Å². The minimum absolute atomic E-state index is 0.239. The summed E-state index contributed by atoms with van der Waals surface area (Å²) in [6, 6.07) is 11.8. The number of amides is 1. The van der Waals surface area contributed by atoms with Crippen molar-refractivity contribution in [3.8, 4) is 5.75 Å². The van der Waals surface area contributed by atoms with Gasteiger partial charge in [-0.05, 0) is 68.3 Å². The van der Waals surface area contributed by atoms with Gasteiger partial charge < -0.3 is 14.8 Å². The molecule has 0 aliphatic heterocycles. The van der Waals surface area contributed by atoms with Crippen molar-refractivity contribution in [1.29, 1.82) is 0 Å². The van der Waals surface area contributed by atoms with Gasteiger partial charge in [-0.2, -0.15) is 0 Å². The molecule has 6 heteroatoms. The van der Waals surface area contributed by atoms with Crippen LogP contribution in [0.15, 0.2) is 42.5 Å². The van der Waals surface area contributed by atoms with E-state index in [1.165, 1.54) is 0 Å². The fraction of sp³-hybridized carbons (Fsp3) is 0.300. The highest BCUT2D eigenvalue weighted by molar-refractivity contribution is 6.30. The first kappa shape index (κ1) is 19.8. The van der Waals surface area contributed by atoms with Gasteiger partial charge in [0.1, 0.15) is 5.75 Å². The molecule has 1 amide bonds. The van der Waals surface area contributed by atoms with Crippen molar-refractivity contribution < 1.29 is 19.1 Å². The van der Waals surface area contributed by atoms with E-state index in [4.69, 9.17) is 21.1 Å². The van der Waals surface area contributed by atoms with Crippen LogP contribution in [0.3, 0.4) is 0 Å². The molecule has 0 aromatic heterocycles. The number of anilines is 1. The summed E-state index contributed by atoms with van der Waals surface area (Å²) in [4.78, 5) is 24.1. The van der Waals surface area contributed by atoms with Crippen molar-refractivity contribution in [1.82, 2.24) is 0 Å². The molecular weight excluding hydrogens is 354 g/mol.